The Morgan fingerprint density at radius 2 is 2.11 bits per heavy atom. The van der Waals surface area contributed by atoms with Gasteiger partial charge in [-0.2, -0.15) is 0 Å². The van der Waals surface area contributed by atoms with E-state index in [0.29, 0.717) is 5.84 Å². The molecule has 0 aliphatic carbocycles. The van der Waals surface area contributed by atoms with Crippen molar-refractivity contribution in [1.82, 2.24) is 0 Å². The zero-order valence-corrected chi connectivity index (χ0v) is 6.31. The van der Waals surface area contributed by atoms with Gasteiger partial charge in [-0.25, -0.2) is 0 Å². The Balaban J connectivity index is 4.14. The lowest BCUT2D eigenvalue weighted by Gasteiger charge is -2.20. The summed E-state index contributed by atoms with van der Waals surface area (Å²) in [7, 11) is 1.65. The van der Waals surface area contributed by atoms with Crippen LogP contribution in [0.4, 0.5) is 0 Å². The average molecular weight is 129 g/mol. The highest BCUT2D eigenvalue weighted by Gasteiger charge is 2.19. The van der Waals surface area contributed by atoms with Crippen molar-refractivity contribution in [2.24, 2.45) is 16.5 Å². The molecule has 0 radical (unpaired) electrons. The molecule has 0 bridgehead atoms. The monoisotopic (exact) mass is 129 g/mol. The van der Waals surface area contributed by atoms with E-state index < -0.39 is 5.54 Å². The Morgan fingerprint density at radius 3 is 2.22 bits per heavy atom. The predicted molar refractivity (Wildman–Crippen MR) is 40.4 cm³/mol. The lowest BCUT2D eigenvalue weighted by molar-refractivity contribution is 0.596. The molecule has 0 aromatic carbocycles. The van der Waals surface area contributed by atoms with Gasteiger partial charge in [0.2, 0.25) is 0 Å². The molecule has 0 spiro atoms. The zero-order chi connectivity index (χ0) is 7.49. The molecule has 4 N–H and O–H groups in total. The van der Waals surface area contributed by atoms with E-state index in [1.165, 1.54) is 0 Å². The number of rotatable bonds is 2. The number of amidine groups is 1. The second kappa shape index (κ2) is 2.82. The van der Waals surface area contributed by atoms with Crippen molar-refractivity contribution in [2.45, 2.75) is 25.8 Å². The third-order valence-corrected chi connectivity index (χ3v) is 1.56. The van der Waals surface area contributed by atoms with Crippen LogP contribution in [0.2, 0.25) is 0 Å². The van der Waals surface area contributed by atoms with E-state index in [1.54, 1.807) is 7.05 Å². The van der Waals surface area contributed by atoms with E-state index in [-0.39, 0.29) is 0 Å². The summed E-state index contributed by atoms with van der Waals surface area (Å²) in [5.41, 5.74) is 10.8. The molecule has 0 aliphatic heterocycles. The molecule has 54 valence electrons. The minimum atomic E-state index is -0.422. The number of nitrogens with zero attached hydrogens (tertiary/aromatic N) is 1. The third kappa shape index (κ3) is 2.01. The molecular formula is C6H15N3. The Morgan fingerprint density at radius 1 is 1.67 bits per heavy atom. The van der Waals surface area contributed by atoms with Gasteiger partial charge in [-0.1, -0.05) is 6.92 Å². The van der Waals surface area contributed by atoms with Crippen LogP contribution in [-0.4, -0.2) is 18.4 Å². The molecule has 0 heterocycles. The standard InChI is InChI=1S/C6H15N3/c1-4-6(2,8)5(7)9-3/h4,8H2,1-3H3,(H2,7,9). The molecule has 3 nitrogen and oxygen atoms in total. The maximum absolute atomic E-state index is 5.71. The predicted octanol–water partition coefficient (Wildman–Crippen LogP) is 0.101. The van der Waals surface area contributed by atoms with Crippen molar-refractivity contribution in [3.05, 3.63) is 0 Å². The van der Waals surface area contributed by atoms with Crippen LogP contribution in [0, 0.1) is 0 Å². The van der Waals surface area contributed by atoms with E-state index in [0.717, 1.165) is 6.42 Å². The maximum atomic E-state index is 5.71. The summed E-state index contributed by atoms with van der Waals surface area (Å²) in [4.78, 5) is 3.80. The van der Waals surface area contributed by atoms with Crippen LogP contribution < -0.4 is 11.5 Å². The molecule has 0 fully saturated rings. The Hall–Kier alpha value is -0.570. The van der Waals surface area contributed by atoms with Crippen LogP contribution in [0.25, 0.3) is 0 Å². The molecule has 0 rings (SSSR count). The SMILES string of the molecule is CCC(C)(N)C(N)=NC. The lowest BCUT2D eigenvalue weighted by atomic mass is 10.00. The quantitative estimate of drug-likeness (QED) is 0.410. The van der Waals surface area contributed by atoms with Crippen LogP contribution >= 0.6 is 0 Å². The first-order chi connectivity index (χ1) is 4.04. The summed E-state index contributed by atoms with van der Waals surface area (Å²) >= 11 is 0. The van der Waals surface area contributed by atoms with Crippen LogP contribution in [-0.2, 0) is 0 Å². The molecule has 1 unspecified atom stereocenters. The van der Waals surface area contributed by atoms with Gasteiger partial charge in [-0.15, -0.1) is 0 Å². The van der Waals surface area contributed by atoms with Crippen LogP contribution in [0.3, 0.4) is 0 Å². The van der Waals surface area contributed by atoms with Gasteiger partial charge in [0.05, 0.1) is 5.54 Å². The van der Waals surface area contributed by atoms with Gasteiger partial charge in [0, 0.05) is 7.05 Å². The maximum Gasteiger partial charge on any atom is 0.113 e. The van der Waals surface area contributed by atoms with Crippen molar-refractivity contribution in [3.8, 4) is 0 Å². The van der Waals surface area contributed by atoms with E-state index in [1.807, 2.05) is 13.8 Å². The first kappa shape index (κ1) is 8.43. The normalized spacial score (nSPS) is 19.3. The van der Waals surface area contributed by atoms with Crippen LogP contribution in [0.1, 0.15) is 20.3 Å². The second-order valence-electron chi connectivity index (χ2n) is 2.38. The molecule has 1 atom stereocenters. The molecular weight excluding hydrogens is 114 g/mol. The van der Waals surface area contributed by atoms with Crippen molar-refractivity contribution in [3.63, 3.8) is 0 Å². The third-order valence-electron chi connectivity index (χ3n) is 1.56. The molecule has 0 aromatic rings. The molecule has 0 aliphatic rings. The topological polar surface area (TPSA) is 64.4 Å². The summed E-state index contributed by atoms with van der Waals surface area (Å²) in [6, 6.07) is 0. The van der Waals surface area contributed by atoms with Crippen molar-refractivity contribution >= 4 is 5.84 Å². The number of nitrogens with two attached hydrogens (primary N) is 2. The second-order valence-corrected chi connectivity index (χ2v) is 2.38. The fourth-order valence-electron chi connectivity index (χ4n) is 0.437. The summed E-state index contributed by atoms with van der Waals surface area (Å²) < 4.78 is 0. The summed E-state index contributed by atoms with van der Waals surface area (Å²) in [5, 5.41) is 0. The largest absolute Gasteiger partial charge is 0.386 e. The van der Waals surface area contributed by atoms with E-state index >= 15 is 0 Å². The highest BCUT2D eigenvalue weighted by atomic mass is 14.9. The lowest BCUT2D eigenvalue weighted by Crippen LogP contribution is -2.48. The molecule has 0 saturated heterocycles. The summed E-state index contributed by atoms with van der Waals surface area (Å²) in [5.74, 6) is 0.519. The zero-order valence-electron chi connectivity index (χ0n) is 6.31. The summed E-state index contributed by atoms with van der Waals surface area (Å²) in [6.45, 7) is 3.85. The molecule has 0 aromatic heterocycles. The van der Waals surface area contributed by atoms with Gasteiger partial charge >= 0.3 is 0 Å². The number of aliphatic imine (C=N–C) groups is 1. The van der Waals surface area contributed by atoms with Crippen LogP contribution in [0.5, 0.6) is 0 Å². The Bertz CT molecular complexity index is 115. The number of hydrogen-bond acceptors (Lipinski definition) is 2. The van der Waals surface area contributed by atoms with Gasteiger partial charge in [0.25, 0.3) is 0 Å². The van der Waals surface area contributed by atoms with Crippen molar-refractivity contribution in [2.75, 3.05) is 7.05 Å². The van der Waals surface area contributed by atoms with E-state index in [2.05, 4.69) is 4.99 Å². The van der Waals surface area contributed by atoms with Crippen molar-refractivity contribution < 1.29 is 0 Å². The highest BCUT2D eigenvalue weighted by Crippen LogP contribution is 2.03. The van der Waals surface area contributed by atoms with Crippen LogP contribution in [0.15, 0.2) is 4.99 Å². The first-order valence-corrected chi connectivity index (χ1v) is 3.06. The Labute approximate surface area is 56.1 Å². The fraction of sp³-hybridized carbons (Fsp3) is 0.833. The van der Waals surface area contributed by atoms with Gasteiger partial charge in [0.1, 0.15) is 5.84 Å². The molecule has 9 heavy (non-hydrogen) atoms. The van der Waals surface area contributed by atoms with Gasteiger partial charge in [-0.3, -0.25) is 4.99 Å². The Kier molecular flexibility index (Phi) is 2.65. The minimum Gasteiger partial charge on any atom is -0.386 e. The number of hydrogen-bond donors (Lipinski definition) is 2. The van der Waals surface area contributed by atoms with Gasteiger partial charge in [0.15, 0.2) is 0 Å². The first-order valence-electron chi connectivity index (χ1n) is 3.06. The highest BCUT2D eigenvalue weighted by molar-refractivity contribution is 5.89. The smallest absolute Gasteiger partial charge is 0.113 e. The fourth-order valence-corrected chi connectivity index (χ4v) is 0.437. The minimum absolute atomic E-state index is 0.422. The van der Waals surface area contributed by atoms with Gasteiger partial charge in [-0.05, 0) is 13.3 Å². The molecule has 0 amide bonds. The molecule has 0 saturated carbocycles. The van der Waals surface area contributed by atoms with E-state index in [9.17, 15) is 0 Å². The van der Waals surface area contributed by atoms with Crippen molar-refractivity contribution in [1.29, 1.82) is 0 Å². The average Bonchev–Trinajstić information content (AvgIpc) is 1.86. The summed E-state index contributed by atoms with van der Waals surface area (Å²) in [6.07, 6.45) is 0.816. The van der Waals surface area contributed by atoms with E-state index in [4.69, 9.17) is 11.5 Å². The van der Waals surface area contributed by atoms with Gasteiger partial charge < -0.3 is 11.5 Å². The molecule has 3 heteroatoms.